The summed E-state index contributed by atoms with van der Waals surface area (Å²) in [6.07, 6.45) is -2.38. The summed E-state index contributed by atoms with van der Waals surface area (Å²) in [7, 11) is 0. The Morgan fingerprint density at radius 1 is 1.03 bits per heavy atom. The molecule has 2 aliphatic rings. The molecular formula is C21H22ClF3N2O2. The molecule has 1 aliphatic carbocycles. The number of hydrogen-bond donors (Lipinski definition) is 1. The SMILES string of the molecule is Cl.NC1CCC2CN(C(=O)c3cccc(Oc4cccc(C(F)(F)F)c4)c3)CC12. The summed E-state index contributed by atoms with van der Waals surface area (Å²) in [5.41, 5.74) is 5.81. The molecule has 1 amide bonds. The van der Waals surface area contributed by atoms with Crippen LogP contribution in [0.15, 0.2) is 48.5 Å². The Balaban J connectivity index is 0.00000240. The largest absolute Gasteiger partial charge is 0.457 e. The van der Waals surface area contributed by atoms with Gasteiger partial charge in [-0.2, -0.15) is 13.2 Å². The van der Waals surface area contributed by atoms with E-state index in [1.165, 1.54) is 12.1 Å². The van der Waals surface area contributed by atoms with Crippen molar-refractivity contribution in [2.24, 2.45) is 17.6 Å². The lowest BCUT2D eigenvalue weighted by Gasteiger charge is -2.19. The van der Waals surface area contributed by atoms with Crippen molar-refractivity contribution >= 4 is 18.3 Å². The summed E-state index contributed by atoms with van der Waals surface area (Å²) < 4.78 is 44.1. The fourth-order valence-electron chi connectivity index (χ4n) is 4.22. The normalized spacial score (nSPS) is 23.4. The first kappa shape index (κ1) is 21.5. The van der Waals surface area contributed by atoms with Gasteiger partial charge in [0.2, 0.25) is 0 Å². The van der Waals surface area contributed by atoms with Crippen LogP contribution in [0.4, 0.5) is 13.2 Å². The van der Waals surface area contributed by atoms with Crippen molar-refractivity contribution in [1.29, 1.82) is 0 Å². The van der Waals surface area contributed by atoms with Gasteiger partial charge in [-0.3, -0.25) is 4.79 Å². The highest BCUT2D eigenvalue weighted by Gasteiger charge is 2.42. The van der Waals surface area contributed by atoms with Gasteiger partial charge in [0.15, 0.2) is 0 Å². The van der Waals surface area contributed by atoms with Gasteiger partial charge < -0.3 is 15.4 Å². The Bertz CT molecular complexity index is 890. The number of carbonyl (C=O) groups is 1. The number of likely N-dealkylation sites (tertiary alicyclic amines) is 1. The van der Waals surface area contributed by atoms with Gasteiger partial charge in [-0.25, -0.2) is 0 Å². The maximum absolute atomic E-state index is 12.9. The van der Waals surface area contributed by atoms with Crippen molar-refractivity contribution < 1.29 is 22.7 Å². The highest BCUT2D eigenvalue weighted by molar-refractivity contribution is 5.94. The van der Waals surface area contributed by atoms with E-state index in [9.17, 15) is 18.0 Å². The van der Waals surface area contributed by atoms with E-state index in [1.54, 1.807) is 24.3 Å². The first-order valence-electron chi connectivity index (χ1n) is 9.31. The molecule has 4 rings (SSSR count). The predicted octanol–water partition coefficient (Wildman–Crippen LogP) is 4.73. The molecule has 2 N–H and O–H groups in total. The van der Waals surface area contributed by atoms with Crippen molar-refractivity contribution in [2.45, 2.75) is 25.1 Å². The molecule has 0 aromatic heterocycles. The molecule has 1 aliphatic heterocycles. The highest BCUT2D eigenvalue weighted by Crippen LogP contribution is 2.38. The van der Waals surface area contributed by atoms with Gasteiger partial charge in [-0.1, -0.05) is 12.1 Å². The molecule has 1 heterocycles. The van der Waals surface area contributed by atoms with Gasteiger partial charge in [-0.15, -0.1) is 12.4 Å². The van der Waals surface area contributed by atoms with Crippen LogP contribution in [0.25, 0.3) is 0 Å². The van der Waals surface area contributed by atoms with Crippen LogP contribution in [0.5, 0.6) is 11.5 Å². The number of carbonyl (C=O) groups excluding carboxylic acids is 1. The third kappa shape index (κ3) is 4.51. The van der Waals surface area contributed by atoms with Crippen molar-refractivity contribution in [3.8, 4) is 11.5 Å². The van der Waals surface area contributed by atoms with E-state index in [4.69, 9.17) is 10.5 Å². The monoisotopic (exact) mass is 426 g/mol. The topological polar surface area (TPSA) is 55.6 Å². The van der Waals surface area contributed by atoms with Gasteiger partial charge in [0, 0.05) is 24.7 Å². The molecule has 1 saturated carbocycles. The number of nitrogens with two attached hydrogens (primary N) is 1. The lowest BCUT2D eigenvalue weighted by Crippen LogP contribution is -2.33. The van der Waals surface area contributed by atoms with Crippen LogP contribution in [0, 0.1) is 11.8 Å². The second-order valence-electron chi connectivity index (χ2n) is 7.53. The molecule has 2 fully saturated rings. The average Bonchev–Trinajstić information content (AvgIpc) is 3.23. The first-order chi connectivity index (χ1) is 13.3. The van der Waals surface area contributed by atoms with E-state index in [2.05, 4.69) is 0 Å². The molecule has 2 aromatic rings. The zero-order chi connectivity index (χ0) is 19.9. The molecular weight excluding hydrogens is 405 g/mol. The van der Waals surface area contributed by atoms with E-state index in [1.807, 2.05) is 4.90 Å². The molecule has 8 heteroatoms. The molecule has 1 saturated heterocycles. The summed E-state index contributed by atoms with van der Waals surface area (Å²) in [6.45, 7) is 1.36. The van der Waals surface area contributed by atoms with Crippen LogP contribution in [-0.2, 0) is 6.18 Å². The van der Waals surface area contributed by atoms with Crippen LogP contribution in [-0.4, -0.2) is 29.9 Å². The Kier molecular flexibility index (Phi) is 6.10. The van der Waals surface area contributed by atoms with Gasteiger partial charge in [-0.05, 0) is 61.1 Å². The van der Waals surface area contributed by atoms with Crippen LogP contribution in [0.2, 0.25) is 0 Å². The molecule has 156 valence electrons. The zero-order valence-corrected chi connectivity index (χ0v) is 16.4. The fourth-order valence-corrected chi connectivity index (χ4v) is 4.22. The number of ether oxygens (including phenoxy) is 1. The number of nitrogens with zero attached hydrogens (tertiary/aromatic N) is 1. The Labute approximate surface area is 173 Å². The molecule has 3 atom stereocenters. The van der Waals surface area contributed by atoms with Crippen LogP contribution < -0.4 is 10.5 Å². The third-order valence-electron chi connectivity index (χ3n) is 5.68. The molecule has 0 bridgehead atoms. The number of rotatable bonds is 3. The van der Waals surface area contributed by atoms with Gasteiger partial charge in [0.1, 0.15) is 11.5 Å². The van der Waals surface area contributed by atoms with E-state index in [-0.39, 0.29) is 30.1 Å². The number of alkyl halides is 3. The Morgan fingerprint density at radius 2 is 1.72 bits per heavy atom. The van der Waals surface area contributed by atoms with Gasteiger partial charge in [0.05, 0.1) is 5.56 Å². The molecule has 29 heavy (non-hydrogen) atoms. The predicted molar refractivity (Wildman–Crippen MR) is 105 cm³/mol. The Hall–Kier alpha value is -2.25. The fraction of sp³-hybridized carbons (Fsp3) is 0.381. The van der Waals surface area contributed by atoms with E-state index in [0.29, 0.717) is 36.2 Å². The third-order valence-corrected chi connectivity index (χ3v) is 5.68. The maximum Gasteiger partial charge on any atom is 0.416 e. The summed E-state index contributed by atoms with van der Waals surface area (Å²) in [5, 5.41) is 0. The van der Waals surface area contributed by atoms with Crippen LogP contribution in [0.3, 0.4) is 0 Å². The second kappa shape index (κ2) is 8.24. The van der Waals surface area contributed by atoms with Crippen molar-refractivity contribution in [3.05, 3.63) is 59.7 Å². The van der Waals surface area contributed by atoms with E-state index in [0.717, 1.165) is 25.0 Å². The molecule has 2 aromatic carbocycles. The number of hydrogen-bond acceptors (Lipinski definition) is 3. The zero-order valence-electron chi connectivity index (χ0n) is 15.6. The minimum Gasteiger partial charge on any atom is -0.457 e. The van der Waals surface area contributed by atoms with Gasteiger partial charge >= 0.3 is 6.18 Å². The number of halogens is 4. The molecule has 3 unspecified atom stereocenters. The first-order valence-corrected chi connectivity index (χ1v) is 9.31. The van der Waals surface area contributed by atoms with E-state index >= 15 is 0 Å². The van der Waals surface area contributed by atoms with Crippen LogP contribution in [0.1, 0.15) is 28.8 Å². The lowest BCUT2D eigenvalue weighted by atomic mass is 9.98. The van der Waals surface area contributed by atoms with E-state index < -0.39 is 11.7 Å². The van der Waals surface area contributed by atoms with Gasteiger partial charge in [0.25, 0.3) is 5.91 Å². The summed E-state index contributed by atoms with van der Waals surface area (Å²) in [4.78, 5) is 14.7. The molecule has 4 nitrogen and oxygen atoms in total. The second-order valence-corrected chi connectivity index (χ2v) is 7.53. The van der Waals surface area contributed by atoms with Crippen molar-refractivity contribution in [1.82, 2.24) is 4.90 Å². The average molecular weight is 427 g/mol. The highest BCUT2D eigenvalue weighted by atomic mass is 35.5. The molecule has 0 radical (unpaired) electrons. The summed E-state index contributed by atoms with van der Waals surface area (Å²) in [5.74, 6) is 1.11. The van der Waals surface area contributed by atoms with Crippen molar-refractivity contribution in [3.63, 3.8) is 0 Å². The maximum atomic E-state index is 12.9. The Morgan fingerprint density at radius 3 is 2.41 bits per heavy atom. The molecule has 0 spiro atoms. The number of amides is 1. The van der Waals surface area contributed by atoms with Crippen molar-refractivity contribution in [2.75, 3.05) is 13.1 Å². The minimum atomic E-state index is -4.44. The summed E-state index contributed by atoms with van der Waals surface area (Å²) in [6, 6.07) is 11.4. The quantitative estimate of drug-likeness (QED) is 0.772. The number of benzene rings is 2. The smallest absolute Gasteiger partial charge is 0.416 e. The van der Waals surface area contributed by atoms with Crippen LogP contribution >= 0.6 is 12.4 Å². The minimum absolute atomic E-state index is 0. The lowest BCUT2D eigenvalue weighted by molar-refractivity contribution is -0.137. The number of fused-ring (bicyclic) bond motifs is 1. The standard InChI is InChI=1S/C21H21F3N2O2.ClH/c22-21(23,24)15-4-2-6-17(10-15)28-16-5-1-3-13(9-16)20(27)26-11-14-7-8-19(25)18(14)12-26;/h1-6,9-10,14,18-19H,7-8,11-12,25H2;1H. The summed E-state index contributed by atoms with van der Waals surface area (Å²) >= 11 is 0.